The van der Waals surface area contributed by atoms with Crippen LogP contribution in [-0.4, -0.2) is 22.2 Å². The molecule has 0 spiro atoms. The predicted molar refractivity (Wildman–Crippen MR) is 77.5 cm³/mol. The third-order valence-electron chi connectivity index (χ3n) is 4.02. The Labute approximate surface area is 119 Å². The molecule has 0 aliphatic heterocycles. The number of nitro groups is 1. The van der Waals surface area contributed by atoms with Crippen molar-refractivity contribution in [1.82, 2.24) is 5.32 Å². The van der Waals surface area contributed by atoms with Gasteiger partial charge in [0.05, 0.1) is 10.5 Å². The number of nitrogens with one attached hydrogen (secondary N) is 1. The first-order valence-corrected chi connectivity index (χ1v) is 7.24. The second kappa shape index (κ2) is 6.33. The summed E-state index contributed by atoms with van der Waals surface area (Å²) in [4.78, 5) is 10.5. The highest BCUT2D eigenvalue weighted by Gasteiger charge is 2.34. The van der Waals surface area contributed by atoms with Crippen LogP contribution in [0.3, 0.4) is 0 Å². The predicted octanol–water partition coefficient (Wildman–Crippen LogP) is 2.94. The first-order valence-electron chi connectivity index (χ1n) is 7.24. The largest absolute Gasteiger partial charge is 0.389 e. The molecule has 1 aromatic rings. The molecule has 2 rings (SSSR count). The molecule has 5 nitrogen and oxygen atoms in total. The molecule has 0 bridgehead atoms. The number of hydrogen-bond acceptors (Lipinski definition) is 4. The molecule has 1 aliphatic rings. The van der Waals surface area contributed by atoms with E-state index in [0.29, 0.717) is 6.54 Å². The molecule has 0 aromatic heterocycles. The fraction of sp³-hybridized carbons (Fsp3) is 0.600. The van der Waals surface area contributed by atoms with Crippen LogP contribution < -0.4 is 5.32 Å². The Morgan fingerprint density at radius 2 is 2.25 bits per heavy atom. The average molecular weight is 278 g/mol. The Kier molecular flexibility index (Phi) is 4.73. The SMILES string of the molecule is CCCC(NCC1(O)CCC1)c1cccc([N+](=O)[O-])c1. The number of aliphatic hydroxyl groups is 1. The number of hydrogen-bond donors (Lipinski definition) is 2. The summed E-state index contributed by atoms with van der Waals surface area (Å²) in [5.74, 6) is 0. The summed E-state index contributed by atoms with van der Waals surface area (Å²) in [5.41, 5.74) is 0.462. The molecule has 1 unspecified atom stereocenters. The molecule has 5 heteroatoms. The Morgan fingerprint density at radius 1 is 1.50 bits per heavy atom. The summed E-state index contributed by atoms with van der Waals surface area (Å²) in [7, 11) is 0. The van der Waals surface area contributed by atoms with Crippen molar-refractivity contribution in [3.05, 3.63) is 39.9 Å². The van der Waals surface area contributed by atoms with Crippen molar-refractivity contribution in [3.8, 4) is 0 Å². The molecule has 1 atom stereocenters. The van der Waals surface area contributed by atoms with Gasteiger partial charge in [0.1, 0.15) is 0 Å². The van der Waals surface area contributed by atoms with Crippen LogP contribution in [0.5, 0.6) is 0 Å². The number of nitro benzene ring substituents is 1. The highest BCUT2D eigenvalue weighted by molar-refractivity contribution is 5.35. The van der Waals surface area contributed by atoms with Gasteiger partial charge in [-0.1, -0.05) is 25.5 Å². The van der Waals surface area contributed by atoms with Gasteiger partial charge in [0.25, 0.3) is 5.69 Å². The maximum Gasteiger partial charge on any atom is 0.269 e. The van der Waals surface area contributed by atoms with E-state index in [1.165, 1.54) is 6.07 Å². The standard InChI is InChI=1S/C15H22N2O3/c1-2-5-14(16-11-15(18)8-4-9-15)12-6-3-7-13(10-12)17(19)20/h3,6-7,10,14,16,18H,2,4-5,8-9,11H2,1H3. The Balaban J connectivity index is 2.06. The highest BCUT2D eigenvalue weighted by atomic mass is 16.6. The lowest BCUT2D eigenvalue weighted by Gasteiger charge is -2.38. The summed E-state index contributed by atoms with van der Waals surface area (Å²) in [6.45, 7) is 2.64. The van der Waals surface area contributed by atoms with Gasteiger partial charge >= 0.3 is 0 Å². The lowest BCUT2D eigenvalue weighted by molar-refractivity contribution is -0.384. The number of rotatable bonds is 7. The molecule has 2 N–H and O–H groups in total. The lowest BCUT2D eigenvalue weighted by atomic mass is 9.80. The van der Waals surface area contributed by atoms with Crippen LogP contribution in [-0.2, 0) is 0 Å². The summed E-state index contributed by atoms with van der Waals surface area (Å²) in [6.07, 6.45) is 4.64. The van der Waals surface area contributed by atoms with Crippen molar-refractivity contribution in [1.29, 1.82) is 0 Å². The molecular weight excluding hydrogens is 256 g/mol. The maximum absolute atomic E-state index is 10.9. The zero-order valence-electron chi connectivity index (χ0n) is 11.8. The summed E-state index contributed by atoms with van der Waals surface area (Å²) in [6, 6.07) is 6.81. The van der Waals surface area contributed by atoms with Gasteiger partial charge < -0.3 is 10.4 Å². The van der Waals surface area contributed by atoms with Crippen molar-refractivity contribution < 1.29 is 10.0 Å². The third-order valence-corrected chi connectivity index (χ3v) is 4.02. The summed E-state index contributed by atoms with van der Waals surface area (Å²) < 4.78 is 0. The maximum atomic E-state index is 10.9. The van der Waals surface area contributed by atoms with Crippen LogP contribution in [0.4, 0.5) is 5.69 Å². The molecule has 1 aliphatic carbocycles. The quantitative estimate of drug-likeness (QED) is 0.594. The smallest absolute Gasteiger partial charge is 0.269 e. The van der Waals surface area contributed by atoms with Crippen LogP contribution in [0.25, 0.3) is 0 Å². The van der Waals surface area contributed by atoms with Crippen molar-refractivity contribution in [2.24, 2.45) is 0 Å². The molecule has 0 saturated heterocycles. The van der Waals surface area contributed by atoms with Crippen LogP contribution in [0.2, 0.25) is 0 Å². The van der Waals surface area contributed by atoms with Gasteiger partial charge in [-0.3, -0.25) is 10.1 Å². The van der Waals surface area contributed by atoms with E-state index in [1.807, 2.05) is 6.07 Å². The summed E-state index contributed by atoms with van der Waals surface area (Å²) in [5, 5.41) is 24.4. The average Bonchev–Trinajstić information content (AvgIpc) is 2.41. The lowest BCUT2D eigenvalue weighted by Crippen LogP contribution is -2.47. The monoisotopic (exact) mass is 278 g/mol. The zero-order chi connectivity index (χ0) is 14.6. The fourth-order valence-corrected chi connectivity index (χ4v) is 2.61. The van der Waals surface area contributed by atoms with Gasteiger partial charge in [0, 0.05) is 24.7 Å². The minimum absolute atomic E-state index is 0.0597. The zero-order valence-corrected chi connectivity index (χ0v) is 11.8. The molecule has 1 saturated carbocycles. The first kappa shape index (κ1) is 14.9. The second-order valence-electron chi connectivity index (χ2n) is 5.65. The second-order valence-corrected chi connectivity index (χ2v) is 5.65. The Morgan fingerprint density at radius 3 is 2.80 bits per heavy atom. The molecule has 20 heavy (non-hydrogen) atoms. The number of nitrogens with zero attached hydrogens (tertiary/aromatic N) is 1. The van der Waals surface area contributed by atoms with Crippen LogP contribution >= 0.6 is 0 Å². The molecule has 0 radical (unpaired) electrons. The van der Waals surface area contributed by atoms with Crippen molar-refractivity contribution in [2.45, 2.75) is 50.7 Å². The fourth-order valence-electron chi connectivity index (χ4n) is 2.61. The van der Waals surface area contributed by atoms with E-state index in [-0.39, 0.29) is 16.7 Å². The molecular formula is C15H22N2O3. The first-order chi connectivity index (χ1) is 9.54. The van der Waals surface area contributed by atoms with E-state index in [2.05, 4.69) is 12.2 Å². The third kappa shape index (κ3) is 3.55. The van der Waals surface area contributed by atoms with Gasteiger partial charge in [-0.15, -0.1) is 0 Å². The molecule has 110 valence electrons. The van der Waals surface area contributed by atoms with Crippen molar-refractivity contribution in [3.63, 3.8) is 0 Å². The van der Waals surface area contributed by atoms with Crippen LogP contribution in [0, 0.1) is 10.1 Å². The van der Waals surface area contributed by atoms with E-state index >= 15 is 0 Å². The molecule has 1 aromatic carbocycles. The van der Waals surface area contributed by atoms with Gasteiger partial charge in [0.15, 0.2) is 0 Å². The highest BCUT2D eigenvalue weighted by Crippen LogP contribution is 2.32. The van der Waals surface area contributed by atoms with Crippen molar-refractivity contribution >= 4 is 5.69 Å². The van der Waals surface area contributed by atoms with Gasteiger partial charge in [0.2, 0.25) is 0 Å². The summed E-state index contributed by atoms with van der Waals surface area (Å²) >= 11 is 0. The normalized spacial score (nSPS) is 18.3. The number of benzene rings is 1. The minimum atomic E-state index is -0.577. The molecule has 1 fully saturated rings. The van der Waals surface area contributed by atoms with Gasteiger partial charge in [-0.25, -0.2) is 0 Å². The van der Waals surface area contributed by atoms with Crippen LogP contribution in [0.15, 0.2) is 24.3 Å². The van der Waals surface area contributed by atoms with Crippen LogP contribution in [0.1, 0.15) is 50.6 Å². The van der Waals surface area contributed by atoms with E-state index in [9.17, 15) is 15.2 Å². The van der Waals surface area contributed by atoms with E-state index in [1.54, 1.807) is 12.1 Å². The Bertz CT molecular complexity index is 472. The molecule has 0 heterocycles. The van der Waals surface area contributed by atoms with Gasteiger partial charge in [-0.2, -0.15) is 0 Å². The van der Waals surface area contributed by atoms with E-state index in [4.69, 9.17) is 0 Å². The van der Waals surface area contributed by atoms with Gasteiger partial charge in [-0.05, 0) is 31.2 Å². The molecule has 0 amide bonds. The minimum Gasteiger partial charge on any atom is -0.389 e. The number of non-ortho nitro benzene ring substituents is 1. The van der Waals surface area contributed by atoms with E-state index in [0.717, 1.165) is 37.7 Å². The Hall–Kier alpha value is -1.46. The van der Waals surface area contributed by atoms with E-state index < -0.39 is 5.60 Å². The van der Waals surface area contributed by atoms with Crippen molar-refractivity contribution in [2.75, 3.05) is 6.54 Å². The topological polar surface area (TPSA) is 75.4 Å².